The maximum atomic E-state index is 13.3. The van der Waals surface area contributed by atoms with Crippen molar-refractivity contribution in [3.8, 4) is 11.5 Å². The Hall–Kier alpha value is -5.24. The molecule has 0 aliphatic carbocycles. The van der Waals surface area contributed by atoms with Gasteiger partial charge in [-0.25, -0.2) is 9.59 Å². The predicted octanol–water partition coefficient (Wildman–Crippen LogP) is 14.3. The van der Waals surface area contributed by atoms with Gasteiger partial charge in [0.05, 0.1) is 24.3 Å². The Balaban J connectivity index is 0.820. The van der Waals surface area contributed by atoms with Crippen molar-refractivity contribution in [2.45, 2.75) is 187 Å². The monoisotopic (exact) mass is 913 g/mol. The van der Waals surface area contributed by atoms with E-state index in [1.807, 2.05) is 24.3 Å². The zero-order chi connectivity index (χ0) is 48.9. The first-order chi connectivity index (χ1) is 31.4. The number of carbonyl (C=O) groups excluding carboxylic acids is 4. The van der Waals surface area contributed by atoms with Crippen LogP contribution in [0.1, 0.15) is 231 Å². The van der Waals surface area contributed by atoms with Crippen molar-refractivity contribution in [2.24, 2.45) is 0 Å². The first kappa shape index (κ1) is 51.2. The molecule has 67 heavy (non-hydrogen) atoms. The van der Waals surface area contributed by atoms with E-state index >= 15 is 0 Å². The molecule has 0 bridgehead atoms. The highest BCUT2D eigenvalue weighted by molar-refractivity contribution is 5.93. The summed E-state index contributed by atoms with van der Waals surface area (Å²) >= 11 is 0. The molecule has 0 spiro atoms. The van der Waals surface area contributed by atoms with Crippen LogP contribution in [0.3, 0.4) is 0 Å². The Kier molecular flexibility index (Phi) is 16.0. The molecule has 8 nitrogen and oxygen atoms in total. The van der Waals surface area contributed by atoms with Gasteiger partial charge in [-0.1, -0.05) is 189 Å². The molecule has 0 saturated heterocycles. The number of carbonyl (C=O) groups is 4. The summed E-state index contributed by atoms with van der Waals surface area (Å²) in [7, 11) is 0. The Morgan fingerprint density at radius 3 is 1.01 bits per heavy atom. The zero-order valence-electron chi connectivity index (χ0n) is 42.5. The minimum absolute atomic E-state index is 0.0929. The van der Waals surface area contributed by atoms with E-state index in [0.29, 0.717) is 35.8 Å². The Bertz CT molecular complexity index is 2230. The quantitative estimate of drug-likeness (QED) is 0.0552. The van der Waals surface area contributed by atoms with Gasteiger partial charge >= 0.3 is 23.9 Å². The van der Waals surface area contributed by atoms with Gasteiger partial charge in [-0.2, -0.15) is 0 Å². The van der Waals surface area contributed by atoms with Crippen LogP contribution in [0.4, 0.5) is 0 Å². The van der Waals surface area contributed by atoms with E-state index in [1.165, 1.54) is 32.1 Å². The van der Waals surface area contributed by atoms with Crippen molar-refractivity contribution >= 4 is 23.9 Å². The third-order valence-corrected chi connectivity index (χ3v) is 13.3. The minimum Gasteiger partial charge on any atom is -0.462 e. The molecule has 2 aliphatic heterocycles. The summed E-state index contributed by atoms with van der Waals surface area (Å²) in [4.78, 5) is 52.2. The topological polar surface area (TPSA) is 105 Å². The van der Waals surface area contributed by atoms with Gasteiger partial charge in [0.15, 0.2) is 0 Å². The highest BCUT2D eigenvalue weighted by atomic mass is 16.6. The molecule has 2 atom stereocenters. The van der Waals surface area contributed by atoms with Crippen molar-refractivity contribution in [1.29, 1.82) is 0 Å². The van der Waals surface area contributed by atoms with E-state index in [4.69, 9.17) is 18.9 Å². The Morgan fingerprint density at radius 1 is 0.433 bits per heavy atom. The maximum absolute atomic E-state index is 13.3. The van der Waals surface area contributed by atoms with Crippen LogP contribution in [0, 0.1) is 0 Å². The molecule has 6 rings (SSSR count). The lowest BCUT2D eigenvalue weighted by Gasteiger charge is -2.27. The summed E-state index contributed by atoms with van der Waals surface area (Å²) < 4.78 is 23.0. The van der Waals surface area contributed by atoms with Crippen LogP contribution >= 0.6 is 0 Å². The molecule has 2 unspecified atom stereocenters. The number of rotatable bonds is 18. The normalized spacial score (nSPS) is 16.1. The van der Waals surface area contributed by atoms with E-state index in [0.717, 1.165) is 83.0 Å². The van der Waals surface area contributed by atoms with Crippen molar-refractivity contribution in [3.05, 3.63) is 128 Å². The average Bonchev–Trinajstić information content (AvgIpc) is 3.77. The molecule has 4 aromatic rings. The summed E-state index contributed by atoms with van der Waals surface area (Å²) in [6.07, 6.45) is 11.9. The van der Waals surface area contributed by atoms with E-state index in [-0.39, 0.29) is 45.5 Å². The first-order valence-electron chi connectivity index (χ1n) is 24.8. The fourth-order valence-electron chi connectivity index (χ4n) is 9.06. The van der Waals surface area contributed by atoms with Crippen molar-refractivity contribution in [3.63, 3.8) is 0 Å². The van der Waals surface area contributed by atoms with Gasteiger partial charge in [0, 0.05) is 22.3 Å². The molecule has 0 aromatic heterocycles. The van der Waals surface area contributed by atoms with Gasteiger partial charge < -0.3 is 18.9 Å². The second-order valence-electron chi connectivity index (χ2n) is 23.0. The van der Waals surface area contributed by atoms with Gasteiger partial charge in [-0.15, -0.1) is 0 Å². The van der Waals surface area contributed by atoms with E-state index in [2.05, 4.69) is 107 Å². The SMILES string of the molecule is CC(C)(C)c1cc2c(c(C(C)(C)C)c1)OC(=O)C2c1ccc(C(=O)OCCCCCCCCCCCCCOC(=O)c2ccc(C3C(=O)Oc4c3cc(C(C)(C)C)cc4C(C)(C)C)cc2)cc1. The fraction of sp³-hybridized carbons (Fsp3) is 0.525. The number of benzene rings is 4. The predicted molar refractivity (Wildman–Crippen MR) is 267 cm³/mol. The molecule has 0 radical (unpaired) electrons. The Morgan fingerprint density at radius 2 is 0.731 bits per heavy atom. The van der Waals surface area contributed by atoms with Gasteiger partial charge in [0.2, 0.25) is 0 Å². The largest absolute Gasteiger partial charge is 0.462 e. The van der Waals surface area contributed by atoms with Crippen LogP contribution < -0.4 is 9.47 Å². The van der Waals surface area contributed by atoms with E-state index in [9.17, 15) is 19.2 Å². The van der Waals surface area contributed by atoms with Crippen LogP contribution in [0.5, 0.6) is 11.5 Å². The minimum atomic E-state index is -0.537. The van der Waals surface area contributed by atoms with Gasteiger partial charge in [-0.3, -0.25) is 9.59 Å². The zero-order valence-corrected chi connectivity index (χ0v) is 42.5. The van der Waals surface area contributed by atoms with Crippen LogP contribution in [0.25, 0.3) is 0 Å². The Labute approximate surface area is 400 Å². The summed E-state index contributed by atoms with van der Waals surface area (Å²) in [5.74, 6) is -1.02. The fourth-order valence-corrected chi connectivity index (χ4v) is 9.06. The molecule has 0 fully saturated rings. The second kappa shape index (κ2) is 21.0. The highest BCUT2D eigenvalue weighted by Gasteiger charge is 2.41. The lowest BCUT2D eigenvalue weighted by molar-refractivity contribution is -0.134. The summed E-state index contributed by atoms with van der Waals surface area (Å²) in [5, 5.41) is 0. The smallest absolute Gasteiger partial charge is 0.338 e. The number of esters is 4. The van der Waals surface area contributed by atoms with E-state index in [1.54, 1.807) is 24.3 Å². The first-order valence-corrected chi connectivity index (χ1v) is 24.8. The molecular weight excluding hydrogens is 837 g/mol. The van der Waals surface area contributed by atoms with Crippen molar-refractivity contribution in [2.75, 3.05) is 13.2 Å². The standard InChI is InChI=1S/C59H76O8/c1-56(2,3)42-34-44-48(54(62)66-50(44)46(36-42)58(7,8)9)38-24-28-40(29-25-38)52(60)64-32-22-20-18-16-14-13-15-17-19-21-23-33-65-53(61)41-30-26-39(27-31-41)49-45-35-43(57(4,5)6)37-47(59(10,11)12)51(45)67-55(49)63/h24-31,34-37,48-49H,13-23,32-33H2,1-12H3. The third kappa shape index (κ3) is 12.7. The molecule has 0 saturated carbocycles. The summed E-state index contributed by atoms with van der Waals surface area (Å²) in [5.41, 5.74) is 8.14. The average molecular weight is 913 g/mol. The van der Waals surface area contributed by atoms with Crippen LogP contribution in [-0.4, -0.2) is 37.1 Å². The third-order valence-electron chi connectivity index (χ3n) is 13.3. The van der Waals surface area contributed by atoms with Crippen LogP contribution in [-0.2, 0) is 40.7 Å². The van der Waals surface area contributed by atoms with E-state index < -0.39 is 11.8 Å². The number of unbranched alkanes of at least 4 members (excludes halogenated alkanes) is 10. The number of ether oxygens (including phenoxy) is 4. The molecule has 0 amide bonds. The molecule has 8 heteroatoms. The second-order valence-corrected chi connectivity index (χ2v) is 23.0. The lowest BCUT2D eigenvalue weighted by atomic mass is 9.77. The van der Waals surface area contributed by atoms with Gasteiger partial charge in [0.1, 0.15) is 23.3 Å². The van der Waals surface area contributed by atoms with Crippen molar-refractivity contribution < 1.29 is 38.1 Å². The summed E-state index contributed by atoms with van der Waals surface area (Å²) in [6, 6.07) is 22.9. The number of hydrogen-bond acceptors (Lipinski definition) is 8. The van der Waals surface area contributed by atoms with Gasteiger partial charge in [-0.05, 0) is 81.0 Å². The highest BCUT2D eigenvalue weighted by Crippen LogP contribution is 2.49. The molecule has 2 heterocycles. The molecule has 360 valence electrons. The lowest BCUT2D eigenvalue weighted by Crippen LogP contribution is -2.17. The summed E-state index contributed by atoms with van der Waals surface area (Å²) in [6.45, 7) is 26.7. The number of fused-ring (bicyclic) bond motifs is 2. The molecule has 4 aromatic carbocycles. The molecular formula is C59H76O8. The van der Waals surface area contributed by atoms with Crippen molar-refractivity contribution in [1.82, 2.24) is 0 Å². The van der Waals surface area contributed by atoms with Gasteiger partial charge in [0.25, 0.3) is 0 Å². The van der Waals surface area contributed by atoms with Crippen LogP contribution in [0.2, 0.25) is 0 Å². The number of hydrogen-bond donors (Lipinski definition) is 0. The van der Waals surface area contributed by atoms with Crippen LogP contribution in [0.15, 0.2) is 72.8 Å². The molecule has 2 aliphatic rings. The maximum Gasteiger partial charge on any atom is 0.338 e. The molecule has 0 N–H and O–H groups in total.